The lowest BCUT2D eigenvalue weighted by molar-refractivity contribution is -0.128. The van der Waals surface area contributed by atoms with Gasteiger partial charge in [-0.1, -0.05) is 26.0 Å². The highest BCUT2D eigenvalue weighted by Gasteiger charge is 2.31. The van der Waals surface area contributed by atoms with E-state index in [1.807, 2.05) is 4.90 Å². The van der Waals surface area contributed by atoms with Gasteiger partial charge in [0.25, 0.3) is 0 Å². The fraction of sp³-hybridized carbons (Fsp3) is 0.467. The maximum Gasteiger partial charge on any atom is 0.335 e. The second-order valence-corrected chi connectivity index (χ2v) is 5.48. The number of carboxylic acid groups (broad SMARTS) is 1. The molecule has 4 nitrogen and oxygen atoms in total. The van der Waals surface area contributed by atoms with Crippen molar-refractivity contribution < 1.29 is 14.7 Å². The van der Waals surface area contributed by atoms with Crippen molar-refractivity contribution in [3.8, 4) is 0 Å². The average Bonchev–Trinajstić information content (AvgIpc) is 2.72. The molecule has 1 N–H and O–H groups in total. The number of carbonyl (C=O) groups excluding carboxylic acids is 1. The van der Waals surface area contributed by atoms with Crippen molar-refractivity contribution in [2.24, 2.45) is 11.8 Å². The van der Waals surface area contributed by atoms with Gasteiger partial charge in [-0.15, -0.1) is 0 Å². The van der Waals surface area contributed by atoms with Gasteiger partial charge in [-0.25, -0.2) is 4.79 Å². The van der Waals surface area contributed by atoms with Crippen LogP contribution >= 0.6 is 0 Å². The predicted octanol–water partition coefficient (Wildman–Crippen LogP) is 2.39. The number of hydrogen-bond donors (Lipinski definition) is 1. The molecule has 102 valence electrons. The Morgan fingerprint density at radius 2 is 2.00 bits per heavy atom. The van der Waals surface area contributed by atoms with Crippen LogP contribution in [0.3, 0.4) is 0 Å². The van der Waals surface area contributed by atoms with Crippen LogP contribution in [-0.2, 0) is 11.3 Å². The molecule has 1 amide bonds. The minimum atomic E-state index is -0.927. The Hall–Kier alpha value is -1.84. The molecule has 1 heterocycles. The third kappa shape index (κ3) is 3.13. The molecule has 4 heteroatoms. The Kier molecular flexibility index (Phi) is 3.88. The Morgan fingerprint density at radius 3 is 2.47 bits per heavy atom. The summed E-state index contributed by atoms with van der Waals surface area (Å²) in [6, 6.07) is 6.72. The highest BCUT2D eigenvalue weighted by atomic mass is 16.4. The van der Waals surface area contributed by atoms with E-state index in [1.165, 1.54) is 0 Å². The number of amides is 1. The molecule has 1 fully saturated rings. The van der Waals surface area contributed by atoms with Crippen molar-refractivity contribution in [3.63, 3.8) is 0 Å². The maximum atomic E-state index is 11.9. The molecule has 0 spiro atoms. The lowest BCUT2D eigenvalue weighted by Gasteiger charge is -2.18. The van der Waals surface area contributed by atoms with Crippen molar-refractivity contribution in [1.29, 1.82) is 0 Å². The molecule has 0 aliphatic carbocycles. The summed E-state index contributed by atoms with van der Waals surface area (Å²) in [6.07, 6.45) is 0.630. The second kappa shape index (κ2) is 5.43. The zero-order chi connectivity index (χ0) is 14.0. The maximum absolute atomic E-state index is 11.9. The first-order valence-corrected chi connectivity index (χ1v) is 6.57. The molecule has 1 aliphatic heterocycles. The van der Waals surface area contributed by atoms with Crippen molar-refractivity contribution in [1.82, 2.24) is 4.90 Å². The van der Waals surface area contributed by atoms with E-state index in [4.69, 9.17) is 5.11 Å². The molecule has 0 radical (unpaired) electrons. The number of likely N-dealkylation sites (tertiary alicyclic amines) is 1. The van der Waals surface area contributed by atoms with Crippen molar-refractivity contribution in [2.75, 3.05) is 6.54 Å². The number of hydrogen-bond acceptors (Lipinski definition) is 2. The van der Waals surface area contributed by atoms with Crippen LogP contribution < -0.4 is 0 Å². The third-order valence-electron chi connectivity index (χ3n) is 3.76. The van der Waals surface area contributed by atoms with Gasteiger partial charge in [0.1, 0.15) is 0 Å². The van der Waals surface area contributed by atoms with Crippen LogP contribution in [0.1, 0.15) is 36.2 Å². The molecule has 2 rings (SSSR count). The highest BCUT2D eigenvalue weighted by molar-refractivity contribution is 5.87. The second-order valence-electron chi connectivity index (χ2n) is 5.48. The number of carboxylic acids is 1. The van der Waals surface area contributed by atoms with E-state index < -0.39 is 5.97 Å². The van der Waals surface area contributed by atoms with Gasteiger partial charge in [0, 0.05) is 19.5 Å². The predicted molar refractivity (Wildman–Crippen MR) is 71.8 cm³/mol. The fourth-order valence-corrected chi connectivity index (χ4v) is 2.38. The Labute approximate surface area is 113 Å². The van der Waals surface area contributed by atoms with Crippen LogP contribution in [-0.4, -0.2) is 28.4 Å². The number of aromatic carboxylic acids is 1. The zero-order valence-corrected chi connectivity index (χ0v) is 11.3. The van der Waals surface area contributed by atoms with E-state index in [0.29, 0.717) is 24.8 Å². The minimum absolute atomic E-state index is 0.195. The van der Waals surface area contributed by atoms with Crippen molar-refractivity contribution in [2.45, 2.75) is 26.8 Å². The summed E-state index contributed by atoms with van der Waals surface area (Å²) in [5, 5.41) is 8.83. The number of benzene rings is 1. The van der Waals surface area contributed by atoms with E-state index in [9.17, 15) is 9.59 Å². The monoisotopic (exact) mass is 261 g/mol. The van der Waals surface area contributed by atoms with Gasteiger partial charge in [0.05, 0.1) is 5.56 Å². The van der Waals surface area contributed by atoms with Gasteiger partial charge >= 0.3 is 5.97 Å². The molecular formula is C15H19NO3. The molecule has 1 aromatic rings. The lowest BCUT2D eigenvalue weighted by atomic mass is 9.95. The van der Waals surface area contributed by atoms with E-state index >= 15 is 0 Å². The molecule has 0 bridgehead atoms. The SMILES string of the molecule is CC(C)C1CC(=O)N(Cc2ccc(C(=O)O)cc2)C1. The van der Waals surface area contributed by atoms with Gasteiger partial charge in [0.2, 0.25) is 5.91 Å². The normalized spacial score (nSPS) is 19.2. The first kappa shape index (κ1) is 13.6. The van der Waals surface area contributed by atoms with Gasteiger partial charge in [-0.05, 0) is 29.5 Å². The Balaban J connectivity index is 2.01. The molecule has 1 saturated heterocycles. The fourth-order valence-electron chi connectivity index (χ4n) is 2.38. The first-order valence-electron chi connectivity index (χ1n) is 6.57. The summed E-state index contributed by atoms with van der Waals surface area (Å²) in [7, 11) is 0. The number of nitrogens with zero attached hydrogens (tertiary/aromatic N) is 1. The summed E-state index contributed by atoms with van der Waals surface area (Å²) < 4.78 is 0. The molecule has 0 aromatic heterocycles. The van der Waals surface area contributed by atoms with E-state index in [0.717, 1.165) is 12.1 Å². The molecule has 1 aliphatic rings. The number of carbonyl (C=O) groups is 2. The topological polar surface area (TPSA) is 57.6 Å². The molecule has 0 saturated carbocycles. The molecule has 1 unspecified atom stereocenters. The lowest BCUT2D eigenvalue weighted by Crippen LogP contribution is -2.25. The third-order valence-corrected chi connectivity index (χ3v) is 3.76. The molecule has 19 heavy (non-hydrogen) atoms. The van der Waals surface area contributed by atoms with Gasteiger partial charge in [-0.3, -0.25) is 4.79 Å². The zero-order valence-electron chi connectivity index (χ0n) is 11.3. The van der Waals surface area contributed by atoms with Gasteiger partial charge in [0.15, 0.2) is 0 Å². The Morgan fingerprint density at radius 1 is 1.37 bits per heavy atom. The quantitative estimate of drug-likeness (QED) is 0.905. The highest BCUT2D eigenvalue weighted by Crippen LogP contribution is 2.26. The standard InChI is InChI=1S/C15H19NO3/c1-10(2)13-7-14(17)16(9-13)8-11-3-5-12(6-4-11)15(18)19/h3-6,10,13H,7-9H2,1-2H3,(H,18,19). The number of rotatable bonds is 4. The molecule has 1 atom stereocenters. The average molecular weight is 261 g/mol. The van der Waals surface area contributed by atoms with E-state index in [1.54, 1.807) is 24.3 Å². The summed E-state index contributed by atoms with van der Waals surface area (Å²) in [4.78, 5) is 24.5. The Bertz CT molecular complexity index is 479. The largest absolute Gasteiger partial charge is 0.478 e. The summed E-state index contributed by atoms with van der Waals surface area (Å²) in [6.45, 7) is 5.66. The van der Waals surface area contributed by atoms with E-state index in [-0.39, 0.29) is 11.5 Å². The smallest absolute Gasteiger partial charge is 0.335 e. The van der Waals surface area contributed by atoms with Crippen LogP contribution in [0.2, 0.25) is 0 Å². The van der Waals surface area contributed by atoms with Gasteiger partial charge < -0.3 is 10.0 Å². The van der Waals surface area contributed by atoms with Gasteiger partial charge in [-0.2, -0.15) is 0 Å². The van der Waals surface area contributed by atoms with Crippen LogP contribution in [0.5, 0.6) is 0 Å². The van der Waals surface area contributed by atoms with E-state index in [2.05, 4.69) is 13.8 Å². The van der Waals surface area contributed by atoms with Crippen molar-refractivity contribution in [3.05, 3.63) is 35.4 Å². The van der Waals surface area contributed by atoms with Crippen LogP contribution in [0, 0.1) is 11.8 Å². The van der Waals surface area contributed by atoms with Crippen LogP contribution in [0.15, 0.2) is 24.3 Å². The summed E-state index contributed by atoms with van der Waals surface area (Å²) in [5.41, 5.74) is 1.25. The van der Waals surface area contributed by atoms with Crippen molar-refractivity contribution >= 4 is 11.9 Å². The summed E-state index contributed by atoms with van der Waals surface area (Å²) >= 11 is 0. The van der Waals surface area contributed by atoms with Crippen LogP contribution in [0.25, 0.3) is 0 Å². The van der Waals surface area contributed by atoms with Crippen LogP contribution in [0.4, 0.5) is 0 Å². The molecule has 1 aromatic carbocycles. The minimum Gasteiger partial charge on any atom is -0.478 e. The molecular weight excluding hydrogens is 242 g/mol. The summed E-state index contributed by atoms with van der Waals surface area (Å²) in [5.74, 6) is 0.221. The first-order chi connectivity index (χ1) is 8.97.